The molecule has 0 saturated heterocycles. The fourth-order valence-corrected chi connectivity index (χ4v) is 1.76. The summed E-state index contributed by atoms with van der Waals surface area (Å²) in [5.41, 5.74) is 0. The Morgan fingerprint density at radius 3 is 1.25 bits per heavy atom. The van der Waals surface area contributed by atoms with Crippen molar-refractivity contribution in [3.8, 4) is 0 Å². The fraction of sp³-hybridized carbons (Fsp3) is 0.600. The highest BCUT2D eigenvalue weighted by molar-refractivity contribution is 5.94. The minimum absolute atomic E-state index is 0.259. The van der Waals surface area contributed by atoms with Gasteiger partial charge in [-0.2, -0.15) is 0 Å². The number of ketones is 2. The average molecular weight is 228 g/mol. The lowest BCUT2D eigenvalue weighted by atomic mass is 9.84. The molecule has 0 amide bonds. The lowest BCUT2D eigenvalue weighted by molar-refractivity contribution is -0.149. The molecule has 0 atom stereocenters. The SMILES string of the molecule is O=C1CC(C(=O)O)CC(=O)CC(C(=O)O)C1. The van der Waals surface area contributed by atoms with Gasteiger partial charge in [-0.05, 0) is 0 Å². The molecule has 1 aliphatic rings. The number of carboxylic acids is 2. The predicted molar refractivity (Wildman–Crippen MR) is 50.7 cm³/mol. The van der Waals surface area contributed by atoms with E-state index in [9.17, 15) is 19.2 Å². The lowest BCUT2D eigenvalue weighted by Gasteiger charge is -2.18. The maximum Gasteiger partial charge on any atom is 0.307 e. The first-order valence-corrected chi connectivity index (χ1v) is 4.89. The number of rotatable bonds is 2. The van der Waals surface area contributed by atoms with Crippen LogP contribution < -0.4 is 0 Å². The molecule has 0 bridgehead atoms. The Bertz CT molecular complexity index is 295. The minimum atomic E-state index is -1.18. The topological polar surface area (TPSA) is 109 Å². The van der Waals surface area contributed by atoms with Crippen LogP contribution in [0.1, 0.15) is 25.7 Å². The van der Waals surface area contributed by atoms with Gasteiger partial charge in [0.05, 0.1) is 11.8 Å². The third kappa shape index (κ3) is 3.15. The van der Waals surface area contributed by atoms with Crippen molar-refractivity contribution >= 4 is 23.5 Å². The first-order valence-electron chi connectivity index (χ1n) is 4.89. The highest BCUT2D eigenvalue weighted by Crippen LogP contribution is 2.22. The quantitative estimate of drug-likeness (QED) is 0.693. The summed E-state index contributed by atoms with van der Waals surface area (Å²) in [6.45, 7) is 0. The molecule has 1 aliphatic carbocycles. The second-order valence-corrected chi connectivity index (χ2v) is 3.96. The van der Waals surface area contributed by atoms with Crippen LogP contribution in [0.3, 0.4) is 0 Å². The Kier molecular flexibility index (Phi) is 3.76. The van der Waals surface area contributed by atoms with Crippen molar-refractivity contribution in [2.75, 3.05) is 0 Å². The molecular formula is C10H12O6. The molecule has 0 spiro atoms. The van der Waals surface area contributed by atoms with Gasteiger partial charge in [0.25, 0.3) is 0 Å². The van der Waals surface area contributed by atoms with E-state index in [2.05, 4.69) is 0 Å². The van der Waals surface area contributed by atoms with E-state index in [1.165, 1.54) is 0 Å². The van der Waals surface area contributed by atoms with E-state index < -0.39 is 35.3 Å². The van der Waals surface area contributed by atoms with Gasteiger partial charge in [0.1, 0.15) is 11.6 Å². The number of Topliss-reactive ketones (excluding diaryl/α,β-unsaturated/α-hetero) is 2. The molecular weight excluding hydrogens is 216 g/mol. The van der Waals surface area contributed by atoms with Crippen LogP contribution >= 0.6 is 0 Å². The molecule has 2 N–H and O–H groups in total. The Morgan fingerprint density at radius 2 is 1.06 bits per heavy atom. The van der Waals surface area contributed by atoms with Gasteiger partial charge in [0.15, 0.2) is 0 Å². The molecule has 6 heteroatoms. The molecule has 0 heterocycles. The molecule has 1 fully saturated rings. The Hall–Kier alpha value is -1.72. The van der Waals surface area contributed by atoms with Crippen LogP contribution in [0.15, 0.2) is 0 Å². The number of carboxylic acid groups (broad SMARTS) is 2. The lowest BCUT2D eigenvalue weighted by Crippen LogP contribution is -2.29. The van der Waals surface area contributed by atoms with Crippen LogP contribution in [0, 0.1) is 11.8 Å². The van der Waals surface area contributed by atoms with Crippen molar-refractivity contribution in [1.29, 1.82) is 0 Å². The summed E-state index contributed by atoms with van der Waals surface area (Å²) >= 11 is 0. The summed E-state index contributed by atoms with van der Waals surface area (Å²) in [7, 11) is 0. The normalized spacial score (nSPS) is 27.0. The van der Waals surface area contributed by atoms with Crippen LogP contribution in [0.4, 0.5) is 0 Å². The monoisotopic (exact) mass is 228 g/mol. The maximum atomic E-state index is 11.3. The summed E-state index contributed by atoms with van der Waals surface area (Å²) in [6, 6.07) is 0. The third-order valence-electron chi connectivity index (χ3n) is 2.59. The molecule has 0 radical (unpaired) electrons. The van der Waals surface area contributed by atoms with Crippen LogP contribution in [0.5, 0.6) is 0 Å². The zero-order valence-electron chi connectivity index (χ0n) is 8.51. The van der Waals surface area contributed by atoms with Crippen LogP contribution in [0.2, 0.25) is 0 Å². The highest BCUT2D eigenvalue weighted by Gasteiger charge is 2.32. The second-order valence-electron chi connectivity index (χ2n) is 3.96. The average Bonchev–Trinajstić information content (AvgIpc) is 2.12. The third-order valence-corrected chi connectivity index (χ3v) is 2.59. The number of carbonyl (C=O) groups is 4. The largest absolute Gasteiger partial charge is 0.481 e. The Balaban J connectivity index is 2.78. The van der Waals surface area contributed by atoms with E-state index in [1.54, 1.807) is 0 Å². The van der Waals surface area contributed by atoms with Crippen molar-refractivity contribution in [2.45, 2.75) is 25.7 Å². The smallest absolute Gasteiger partial charge is 0.307 e. The van der Waals surface area contributed by atoms with Gasteiger partial charge in [-0.1, -0.05) is 0 Å². The summed E-state index contributed by atoms with van der Waals surface area (Å²) < 4.78 is 0. The Morgan fingerprint density at radius 1 is 0.812 bits per heavy atom. The zero-order chi connectivity index (χ0) is 12.3. The van der Waals surface area contributed by atoms with Crippen molar-refractivity contribution in [1.82, 2.24) is 0 Å². The van der Waals surface area contributed by atoms with Gasteiger partial charge < -0.3 is 10.2 Å². The number of carbonyl (C=O) groups excluding carboxylic acids is 2. The van der Waals surface area contributed by atoms with Crippen LogP contribution in [-0.4, -0.2) is 33.7 Å². The van der Waals surface area contributed by atoms with E-state index in [0.717, 1.165) is 0 Å². The van der Waals surface area contributed by atoms with Crippen molar-refractivity contribution in [3.63, 3.8) is 0 Å². The second kappa shape index (κ2) is 4.87. The van der Waals surface area contributed by atoms with Crippen molar-refractivity contribution in [3.05, 3.63) is 0 Å². The summed E-state index contributed by atoms with van der Waals surface area (Å²) in [5.74, 6) is -5.20. The van der Waals surface area contributed by atoms with E-state index in [1.807, 2.05) is 0 Å². The van der Waals surface area contributed by atoms with E-state index >= 15 is 0 Å². The maximum absolute atomic E-state index is 11.3. The van der Waals surface area contributed by atoms with E-state index in [0.29, 0.717) is 0 Å². The first kappa shape index (κ1) is 12.4. The summed E-state index contributed by atoms with van der Waals surface area (Å²) in [6.07, 6.45) is -1.04. The minimum Gasteiger partial charge on any atom is -0.481 e. The van der Waals surface area contributed by atoms with Gasteiger partial charge >= 0.3 is 11.9 Å². The summed E-state index contributed by atoms with van der Waals surface area (Å²) in [5, 5.41) is 17.5. The Labute approximate surface area is 91.3 Å². The zero-order valence-corrected chi connectivity index (χ0v) is 8.51. The van der Waals surface area contributed by atoms with Crippen molar-refractivity contribution < 1.29 is 29.4 Å². The number of hydrogen-bond acceptors (Lipinski definition) is 4. The molecule has 1 rings (SSSR count). The van der Waals surface area contributed by atoms with Gasteiger partial charge in [0, 0.05) is 25.7 Å². The number of hydrogen-bond donors (Lipinski definition) is 2. The molecule has 0 aromatic carbocycles. The van der Waals surface area contributed by atoms with Crippen molar-refractivity contribution in [2.24, 2.45) is 11.8 Å². The molecule has 16 heavy (non-hydrogen) atoms. The van der Waals surface area contributed by atoms with E-state index in [4.69, 9.17) is 10.2 Å². The molecule has 88 valence electrons. The molecule has 1 saturated carbocycles. The molecule has 6 nitrogen and oxygen atoms in total. The summed E-state index contributed by atoms with van der Waals surface area (Å²) in [4.78, 5) is 44.1. The van der Waals surface area contributed by atoms with Gasteiger partial charge in [0.2, 0.25) is 0 Å². The number of aliphatic carboxylic acids is 2. The molecule has 0 unspecified atom stereocenters. The molecule has 0 aliphatic heterocycles. The van der Waals surface area contributed by atoms with Crippen LogP contribution in [0.25, 0.3) is 0 Å². The fourth-order valence-electron chi connectivity index (χ4n) is 1.76. The van der Waals surface area contributed by atoms with E-state index in [-0.39, 0.29) is 25.7 Å². The van der Waals surface area contributed by atoms with Gasteiger partial charge in [-0.25, -0.2) is 0 Å². The van der Waals surface area contributed by atoms with Gasteiger partial charge in [-0.15, -0.1) is 0 Å². The predicted octanol–water partition coefficient (Wildman–Crippen LogP) is 0.100. The van der Waals surface area contributed by atoms with Gasteiger partial charge in [-0.3, -0.25) is 19.2 Å². The molecule has 0 aromatic heterocycles. The standard InChI is InChI=1S/C10H12O6/c11-7-1-5(9(13)14)2-8(12)4-6(3-7)10(15)16/h5-6H,1-4H2,(H,13,14)(H,15,16). The highest BCUT2D eigenvalue weighted by atomic mass is 16.4. The molecule has 0 aromatic rings. The first-order chi connectivity index (χ1) is 7.40. The van der Waals surface area contributed by atoms with Crippen LogP contribution in [-0.2, 0) is 19.2 Å².